The Kier molecular flexibility index (Phi) is 3.75. The van der Waals surface area contributed by atoms with Gasteiger partial charge in [0, 0.05) is 19.3 Å². The third-order valence-corrected chi connectivity index (χ3v) is 5.21. The number of hydrogen-bond acceptors (Lipinski definition) is 4. The maximum atomic E-state index is 12.0. The highest BCUT2D eigenvalue weighted by molar-refractivity contribution is 7.91. The van der Waals surface area contributed by atoms with Crippen LogP contribution in [0, 0.1) is 0 Å². The molecule has 1 heterocycles. The Morgan fingerprint density at radius 1 is 1.39 bits per heavy atom. The van der Waals surface area contributed by atoms with Crippen molar-refractivity contribution in [2.45, 2.75) is 29.8 Å². The number of benzene rings is 1. The standard InChI is InChI=1S/C13H18O4S/c1-17-9-4-7-13(14)8-10-18(15,16)12-6-3-2-5-11(12)13/h2-3,5-6,14H,4,7-10H2,1H3. The van der Waals surface area contributed by atoms with Crippen molar-refractivity contribution in [1.82, 2.24) is 0 Å². The lowest BCUT2D eigenvalue weighted by atomic mass is 9.86. The second-order valence-electron chi connectivity index (χ2n) is 4.69. The molecule has 1 N–H and O–H groups in total. The van der Waals surface area contributed by atoms with E-state index < -0.39 is 15.4 Å². The number of ether oxygens (including phenoxy) is 1. The second kappa shape index (κ2) is 4.99. The van der Waals surface area contributed by atoms with Crippen molar-refractivity contribution in [3.8, 4) is 0 Å². The van der Waals surface area contributed by atoms with Crippen LogP contribution >= 0.6 is 0 Å². The normalized spacial score (nSPS) is 25.7. The highest BCUT2D eigenvalue weighted by Gasteiger charge is 2.39. The van der Waals surface area contributed by atoms with Gasteiger partial charge in [-0.15, -0.1) is 0 Å². The minimum absolute atomic E-state index is 0.00744. The number of rotatable bonds is 4. The molecule has 100 valence electrons. The summed E-state index contributed by atoms with van der Waals surface area (Å²) >= 11 is 0. The molecule has 0 saturated heterocycles. The van der Waals surface area contributed by atoms with Crippen molar-refractivity contribution in [1.29, 1.82) is 0 Å². The lowest BCUT2D eigenvalue weighted by molar-refractivity contribution is 0.0107. The van der Waals surface area contributed by atoms with Gasteiger partial charge < -0.3 is 9.84 Å². The summed E-state index contributed by atoms with van der Waals surface area (Å²) in [6.07, 6.45) is 1.49. The van der Waals surface area contributed by atoms with Crippen LogP contribution in [0.2, 0.25) is 0 Å². The average molecular weight is 270 g/mol. The summed E-state index contributed by atoms with van der Waals surface area (Å²) in [6.45, 7) is 0.567. The smallest absolute Gasteiger partial charge is 0.178 e. The molecule has 0 aromatic heterocycles. The number of hydrogen-bond donors (Lipinski definition) is 1. The SMILES string of the molecule is COCCCC1(O)CCS(=O)(=O)c2ccccc21. The van der Waals surface area contributed by atoms with Crippen LogP contribution in [0.15, 0.2) is 29.2 Å². The quantitative estimate of drug-likeness (QED) is 0.842. The van der Waals surface area contributed by atoms with Gasteiger partial charge in [0.2, 0.25) is 0 Å². The summed E-state index contributed by atoms with van der Waals surface area (Å²) < 4.78 is 28.9. The molecular weight excluding hydrogens is 252 g/mol. The van der Waals surface area contributed by atoms with Crippen LogP contribution < -0.4 is 0 Å². The van der Waals surface area contributed by atoms with Gasteiger partial charge in [0.05, 0.1) is 16.2 Å². The summed E-state index contributed by atoms with van der Waals surface area (Å²) in [6, 6.07) is 6.74. The molecule has 0 amide bonds. The predicted molar refractivity (Wildman–Crippen MR) is 68.1 cm³/mol. The summed E-state index contributed by atoms with van der Waals surface area (Å²) in [5, 5.41) is 10.7. The zero-order valence-corrected chi connectivity index (χ0v) is 11.2. The van der Waals surface area contributed by atoms with Crippen molar-refractivity contribution in [2.75, 3.05) is 19.5 Å². The van der Waals surface area contributed by atoms with E-state index in [0.717, 1.165) is 0 Å². The van der Waals surface area contributed by atoms with Crippen LogP contribution in [0.5, 0.6) is 0 Å². The Hall–Kier alpha value is -0.910. The second-order valence-corrected chi connectivity index (χ2v) is 6.77. The topological polar surface area (TPSA) is 63.6 Å². The first kappa shape index (κ1) is 13.5. The van der Waals surface area contributed by atoms with E-state index in [2.05, 4.69) is 0 Å². The summed E-state index contributed by atoms with van der Waals surface area (Å²) in [7, 11) is -1.62. The molecule has 1 aliphatic heterocycles. The third kappa shape index (κ3) is 2.43. The van der Waals surface area contributed by atoms with Crippen LogP contribution in [-0.2, 0) is 20.2 Å². The van der Waals surface area contributed by atoms with Gasteiger partial charge in [-0.3, -0.25) is 0 Å². The number of fused-ring (bicyclic) bond motifs is 1. The van der Waals surface area contributed by atoms with Crippen LogP contribution in [0.4, 0.5) is 0 Å². The highest BCUT2D eigenvalue weighted by Crippen LogP contribution is 2.39. The molecule has 5 heteroatoms. The van der Waals surface area contributed by atoms with Gasteiger partial charge in [-0.2, -0.15) is 0 Å². The average Bonchev–Trinajstić information content (AvgIpc) is 2.36. The van der Waals surface area contributed by atoms with Gasteiger partial charge in [0.15, 0.2) is 9.84 Å². The maximum absolute atomic E-state index is 12.0. The number of methoxy groups -OCH3 is 1. The number of aliphatic hydroxyl groups is 1. The molecule has 2 rings (SSSR count). The summed E-state index contributed by atoms with van der Waals surface area (Å²) in [5.41, 5.74) is -0.507. The molecule has 0 fully saturated rings. The highest BCUT2D eigenvalue weighted by atomic mass is 32.2. The first-order chi connectivity index (χ1) is 8.49. The van der Waals surface area contributed by atoms with Gasteiger partial charge in [0.25, 0.3) is 0 Å². The minimum Gasteiger partial charge on any atom is -0.385 e. The van der Waals surface area contributed by atoms with Gasteiger partial charge in [0.1, 0.15) is 0 Å². The molecule has 0 saturated carbocycles. The Morgan fingerprint density at radius 2 is 2.11 bits per heavy atom. The minimum atomic E-state index is -3.23. The van der Waals surface area contributed by atoms with Crippen LogP contribution in [0.25, 0.3) is 0 Å². The van der Waals surface area contributed by atoms with Crippen LogP contribution in [0.1, 0.15) is 24.8 Å². The lowest BCUT2D eigenvalue weighted by Gasteiger charge is -2.34. The first-order valence-electron chi connectivity index (χ1n) is 6.03. The van der Waals surface area contributed by atoms with Crippen molar-refractivity contribution in [3.63, 3.8) is 0 Å². The van der Waals surface area contributed by atoms with E-state index >= 15 is 0 Å². The fourth-order valence-corrected chi connectivity index (χ4v) is 4.14. The monoisotopic (exact) mass is 270 g/mol. The van der Waals surface area contributed by atoms with Crippen LogP contribution in [0.3, 0.4) is 0 Å². The van der Waals surface area contributed by atoms with E-state index in [4.69, 9.17) is 4.74 Å². The molecule has 1 atom stereocenters. The van der Waals surface area contributed by atoms with E-state index in [-0.39, 0.29) is 17.1 Å². The Labute approximate surface area is 108 Å². The molecule has 0 spiro atoms. The number of sulfone groups is 1. The van der Waals surface area contributed by atoms with E-state index in [1.54, 1.807) is 31.4 Å². The molecular formula is C13H18O4S. The molecule has 1 unspecified atom stereocenters. The molecule has 0 aliphatic carbocycles. The zero-order chi connectivity index (χ0) is 13.2. The Morgan fingerprint density at radius 3 is 2.83 bits per heavy atom. The van der Waals surface area contributed by atoms with Gasteiger partial charge in [-0.1, -0.05) is 18.2 Å². The first-order valence-corrected chi connectivity index (χ1v) is 7.68. The van der Waals surface area contributed by atoms with Crippen molar-refractivity contribution < 1.29 is 18.3 Å². The molecule has 1 aliphatic rings. The van der Waals surface area contributed by atoms with Gasteiger partial charge >= 0.3 is 0 Å². The van der Waals surface area contributed by atoms with Crippen molar-refractivity contribution in [3.05, 3.63) is 29.8 Å². The zero-order valence-electron chi connectivity index (χ0n) is 10.4. The molecule has 4 nitrogen and oxygen atoms in total. The Balaban J connectivity index is 2.36. The summed E-state index contributed by atoms with van der Waals surface area (Å²) in [4.78, 5) is 0.274. The largest absolute Gasteiger partial charge is 0.385 e. The maximum Gasteiger partial charge on any atom is 0.178 e. The molecule has 0 radical (unpaired) electrons. The van der Waals surface area contributed by atoms with E-state index in [0.29, 0.717) is 25.0 Å². The van der Waals surface area contributed by atoms with Gasteiger partial charge in [-0.25, -0.2) is 8.42 Å². The molecule has 1 aromatic rings. The molecule has 18 heavy (non-hydrogen) atoms. The van der Waals surface area contributed by atoms with Gasteiger partial charge in [-0.05, 0) is 25.3 Å². The fourth-order valence-electron chi connectivity index (χ4n) is 2.44. The van der Waals surface area contributed by atoms with E-state index in [9.17, 15) is 13.5 Å². The predicted octanol–water partition coefficient (Wildman–Crippen LogP) is 1.48. The molecule has 0 bridgehead atoms. The van der Waals surface area contributed by atoms with Crippen molar-refractivity contribution >= 4 is 9.84 Å². The lowest BCUT2D eigenvalue weighted by Crippen LogP contribution is -2.35. The van der Waals surface area contributed by atoms with Crippen molar-refractivity contribution in [2.24, 2.45) is 0 Å². The van der Waals surface area contributed by atoms with E-state index in [1.807, 2.05) is 0 Å². The fraction of sp³-hybridized carbons (Fsp3) is 0.538. The Bertz CT molecular complexity index is 524. The van der Waals surface area contributed by atoms with E-state index in [1.165, 1.54) is 0 Å². The summed E-state index contributed by atoms with van der Waals surface area (Å²) in [5.74, 6) is 0.00744. The third-order valence-electron chi connectivity index (χ3n) is 3.45. The molecule has 1 aromatic carbocycles. The van der Waals surface area contributed by atoms with Crippen LogP contribution in [-0.4, -0.2) is 33.0 Å².